The van der Waals surface area contributed by atoms with Crippen molar-refractivity contribution in [2.45, 2.75) is 17.3 Å². The molecule has 0 spiro atoms. The standard InChI is InChI=1S/C11H9ClN2O3S/c1-5(10(16)17)18-11-13-8-3-2-6(12)4-7(8)9(15)14-11/h2-5H,1H3,(H,16,17)(H,13,14,15)/t5-/m0/s1. The number of rotatable bonds is 3. The van der Waals surface area contributed by atoms with Gasteiger partial charge >= 0.3 is 5.97 Å². The van der Waals surface area contributed by atoms with E-state index in [-0.39, 0.29) is 10.7 Å². The van der Waals surface area contributed by atoms with E-state index in [0.29, 0.717) is 15.9 Å². The van der Waals surface area contributed by atoms with Crippen LogP contribution in [0.25, 0.3) is 10.9 Å². The van der Waals surface area contributed by atoms with Crippen LogP contribution in [0.4, 0.5) is 0 Å². The molecule has 0 aliphatic rings. The van der Waals surface area contributed by atoms with E-state index in [0.717, 1.165) is 11.8 Å². The fourth-order valence-corrected chi connectivity index (χ4v) is 2.27. The van der Waals surface area contributed by atoms with Crippen LogP contribution in [0.2, 0.25) is 5.02 Å². The second kappa shape index (κ2) is 4.99. The number of thioether (sulfide) groups is 1. The third-order valence-electron chi connectivity index (χ3n) is 2.28. The minimum absolute atomic E-state index is 0.282. The summed E-state index contributed by atoms with van der Waals surface area (Å²) >= 11 is 6.78. The Hall–Kier alpha value is -1.53. The summed E-state index contributed by atoms with van der Waals surface area (Å²) in [5.41, 5.74) is 0.158. The van der Waals surface area contributed by atoms with Crippen LogP contribution in [-0.4, -0.2) is 26.3 Å². The molecule has 2 rings (SSSR count). The molecule has 0 saturated carbocycles. The van der Waals surface area contributed by atoms with Crippen molar-refractivity contribution in [3.63, 3.8) is 0 Å². The smallest absolute Gasteiger partial charge is 0.316 e. The lowest BCUT2D eigenvalue weighted by atomic mass is 10.2. The first kappa shape index (κ1) is 12.9. The largest absolute Gasteiger partial charge is 0.480 e. The zero-order chi connectivity index (χ0) is 13.3. The average Bonchev–Trinajstić information content (AvgIpc) is 2.30. The van der Waals surface area contributed by atoms with E-state index in [2.05, 4.69) is 9.97 Å². The first-order valence-electron chi connectivity index (χ1n) is 5.06. The van der Waals surface area contributed by atoms with Crippen molar-refractivity contribution in [1.29, 1.82) is 0 Å². The van der Waals surface area contributed by atoms with Crippen LogP contribution in [0.3, 0.4) is 0 Å². The van der Waals surface area contributed by atoms with Gasteiger partial charge in [-0.3, -0.25) is 9.59 Å². The highest BCUT2D eigenvalue weighted by Gasteiger charge is 2.14. The molecule has 1 atom stereocenters. The Kier molecular flexibility index (Phi) is 3.58. The van der Waals surface area contributed by atoms with Crippen LogP contribution in [0.5, 0.6) is 0 Å². The molecule has 2 N–H and O–H groups in total. The number of aromatic nitrogens is 2. The van der Waals surface area contributed by atoms with Gasteiger partial charge in [-0.05, 0) is 25.1 Å². The number of carbonyl (C=O) groups is 1. The minimum atomic E-state index is -0.959. The van der Waals surface area contributed by atoms with Gasteiger partial charge in [-0.15, -0.1) is 0 Å². The predicted molar refractivity (Wildman–Crippen MR) is 70.3 cm³/mol. The van der Waals surface area contributed by atoms with Crippen LogP contribution in [0.15, 0.2) is 28.2 Å². The number of nitrogens with zero attached hydrogens (tertiary/aromatic N) is 1. The number of nitrogens with one attached hydrogen (secondary N) is 1. The summed E-state index contributed by atoms with van der Waals surface area (Å²) < 4.78 is 0. The zero-order valence-corrected chi connectivity index (χ0v) is 10.9. The van der Waals surface area contributed by atoms with E-state index in [1.807, 2.05) is 0 Å². The molecular weight excluding hydrogens is 276 g/mol. The van der Waals surface area contributed by atoms with Crippen molar-refractivity contribution < 1.29 is 9.90 Å². The number of halogens is 1. The van der Waals surface area contributed by atoms with Crippen LogP contribution in [0, 0.1) is 0 Å². The summed E-state index contributed by atoms with van der Waals surface area (Å²) in [7, 11) is 0. The van der Waals surface area contributed by atoms with E-state index in [4.69, 9.17) is 16.7 Å². The topological polar surface area (TPSA) is 83.0 Å². The molecule has 0 bridgehead atoms. The number of hydrogen-bond donors (Lipinski definition) is 2. The highest BCUT2D eigenvalue weighted by atomic mass is 35.5. The quantitative estimate of drug-likeness (QED) is 0.666. The molecular formula is C11H9ClN2O3S. The summed E-state index contributed by atoms with van der Waals surface area (Å²) in [5, 5.41) is 9.24. The zero-order valence-electron chi connectivity index (χ0n) is 9.31. The summed E-state index contributed by atoms with van der Waals surface area (Å²) in [4.78, 5) is 29.2. The Labute approximate surface area is 111 Å². The molecule has 1 aromatic carbocycles. The number of aromatic amines is 1. The fraction of sp³-hybridized carbons (Fsp3) is 0.182. The van der Waals surface area contributed by atoms with E-state index in [9.17, 15) is 9.59 Å². The molecule has 0 aliphatic heterocycles. The van der Waals surface area contributed by atoms with Gasteiger partial charge in [0.2, 0.25) is 0 Å². The minimum Gasteiger partial charge on any atom is -0.480 e. The van der Waals surface area contributed by atoms with Crippen molar-refractivity contribution in [3.8, 4) is 0 Å². The maximum Gasteiger partial charge on any atom is 0.316 e. The van der Waals surface area contributed by atoms with E-state index >= 15 is 0 Å². The highest BCUT2D eigenvalue weighted by Crippen LogP contribution is 2.21. The summed E-state index contributed by atoms with van der Waals surface area (Å²) in [6.07, 6.45) is 0. The molecule has 94 valence electrons. The summed E-state index contributed by atoms with van der Waals surface area (Å²) in [5.74, 6) is -0.959. The Morgan fingerprint density at radius 3 is 2.94 bits per heavy atom. The Morgan fingerprint density at radius 1 is 1.56 bits per heavy atom. The first-order valence-corrected chi connectivity index (χ1v) is 6.32. The van der Waals surface area contributed by atoms with Gasteiger partial charge in [-0.1, -0.05) is 23.4 Å². The molecule has 0 radical (unpaired) electrons. The lowest BCUT2D eigenvalue weighted by Crippen LogP contribution is -2.15. The number of aliphatic carboxylic acids is 1. The van der Waals surface area contributed by atoms with Crippen LogP contribution in [-0.2, 0) is 4.79 Å². The second-order valence-corrected chi connectivity index (χ2v) is 5.40. The summed E-state index contributed by atoms with van der Waals surface area (Å²) in [6, 6.07) is 4.78. The van der Waals surface area contributed by atoms with E-state index in [1.165, 1.54) is 13.0 Å². The molecule has 1 aromatic heterocycles. The number of carboxylic acids is 1. The highest BCUT2D eigenvalue weighted by molar-refractivity contribution is 8.00. The van der Waals surface area contributed by atoms with Crippen molar-refractivity contribution in [3.05, 3.63) is 33.6 Å². The molecule has 0 unspecified atom stereocenters. The Balaban J connectivity index is 2.46. The predicted octanol–water partition coefficient (Wildman–Crippen LogP) is 2.14. The number of fused-ring (bicyclic) bond motifs is 1. The maximum absolute atomic E-state index is 11.8. The molecule has 0 fully saturated rings. The first-order chi connectivity index (χ1) is 8.47. The van der Waals surface area contributed by atoms with Crippen molar-refractivity contribution in [2.24, 2.45) is 0 Å². The monoisotopic (exact) mass is 284 g/mol. The molecule has 2 aromatic rings. The van der Waals surface area contributed by atoms with Crippen LogP contribution in [0.1, 0.15) is 6.92 Å². The van der Waals surface area contributed by atoms with Crippen molar-refractivity contribution >= 4 is 40.2 Å². The third-order valence-corrected chi connectivity index (χ3v) is 3.49. The van der Waals surface area contributed by atoms with Gasteiger partial charge in [0, 0.05) is 5.02 Å². The van der Waals surface area contributed by atoms with Gasteiger partial charge in [-0.25, -0.2) is 4.98 Å². The lowest BCUT2D eigenvalue weighted by molar-refractivity contribution is -0.136. The molecule has 18 heavy (non-hydrogen) atoms. The number of carboxylic acid groups (broad SMARTS) is 1. The maximum atomic E-state index is 11.8. The number of benzene rings is 1. The van der Waals surface area contributed by atoms with Gasteiger partial charge in [0.05, 0.1) is 10.9 Å². The molecule has 0 aliphatic carbocycles. The van der Waals surface area contributed by atoms with Crippen LogP contribution < -0.4 is 5.56 Å². The van der Waals surface area contributed by atoms with Gasteiger partial charge in [0.1, 0.15) is 5.25 Å². The molecule has 5 nitrogen and oxygen atoms in total. The average molecular weight is 285 g/mol. The molecule has 7 heteroatoms. The van der Waals surface area contributed by atoms with E-state index < -0.39 is 11.2 Å². The van der Waals surface area contributed by atoms with Crippen molar-refractivity contribution in [1.82, 2.24) is 9.97 Å². The summed E-state index contributed by atoms with van der Waals surface area (Å²) in [6.45, 7) is 1.53. The van der Waals surface area contributed by atoms with Gasteiger partial charge in [0.15, 0.2) is 5.16 Å². The molecule has 0 amide bonds. The van der Waals surface area contributed by atoms with Gasteiger partial charge < -0.3 is 10.1 Å². The normalized spacial score (nSPS) is 12.6. The van der Waals surface area contributed by atoms with Gasteiger partial charge in [-0.2, -0.15) is 0 Å². The van der Waals surface area contributed by atoms with E-state index in [1.54, 1.807) is 12.1 Å². The number of hydrogen-bond acceptors (Lipinski definition) is 4. The third kappa shape index (κ3) is 2.65. The fourth-order valence-electron chi connectivity index (χ4n) is 1.36. The Morgan fingerprint density at radius 2 is 2.28 bits per heavy atom. The molecule has 1 heterocycles. The van der Waals surface area contributed by atoms with Gasteiger partial charge in [0.25, 0.3) is 5.56 Å². The van der Waals surface area contributed by atoms with Crippen LogP contribution >= 0.6 is 23.4 Å². The Bertz CT molecular complexity index is 671. The molecule has 0 saturated heterocycles. The number of H-pyrrole nitrogens is 1. The second-order valence-electron chi connectivity index (χ2n) is 3.63. The lowest BCUT2D eigenvalue weighted by Gasteiger charge is -2.05. The SMILES string of the molecule is C[C@H](Sc1nc2ccc(Cl)cc2c(=O)[nH]1)C(=O)O. The van der Waals surface area contributed by atoms with Crippen molar-refractivity contribution in [2.75, 3.05) is 0 Å².